The van der Waals surface area contributed by atoms with Crippen molar-refractivity contribution in [2.75, 3.05) is 0 Å². The molecule has 0 unspecified atom stereocenters. The minimum Gasteiger partial charge on any atom is -0.456 e. The monoisotopic (exact) mass is 1920 g/mol. The van der Waals surface area contributed by atoms with E-state index in [1.54, 1.807) is 36.4 Å². The summed E-state index contributed by atoms with van der Waals surface area (Å²) in [6.07, 6.45) is 0. The summed E-state index contributed by atoms with van der Waals surface area (Å²) in [5.74, 6) is 0. The highest BCUT2D eigenvalue weighted by atomic mass is 79.9. The molecule has 0 amide bonds. The van der Waals surface area contributed by atoms with Gasteiger partial charge in [0.25, 0.3) is 0 Å². The van der Waals surface area contributed by atoms with Crippen molar-refractivity contribution in [1.29, 1.82) is 0 Å². The molecule has 2 N–H and O–H groups in total. The molecular formula is C117H85B3Br3O10-. The molecule has 0 saturated carbocycles. The van der Waals surface area contributed by atoms with Crippen molar-refractivity contribution in [2.45, 2.75) is 38.9 Å². The summed E-state index contributed by atoms with van der Waals surface area (Å²) in [6.45, 7) is 8.38. The molecule has 16 heteroatoms. The highest BCUT2D eigenvalue weighted by Crippen LogP contribution is 2.42. The Balaban J connectivity index is 0.000000113. The van der Waals surface area contributed by atoms with Crippen LogP contribution in [-0.4, -0.2) is 43.9 Å². The van der Waals surface area contributed by atoms with Crippen molar-refractivity contribution in [3.05, 3.63) is 451 Å². The predicted molar refractivity (Wildman–Crippen MR) is 570 cm³/mol. The maximum absolute atomic E-state index is 14.0. The van der Waals surface area contributed by atoms with Crippen molar-refractivity contribution >= 4 is 212 Å². The summed E-state index contributed by atoms with van der Waals surface area (Å²) in [6, 6.07) is 136. The van der Waals surface area contributed by atoms with Crippen molar-refractivity contribution in [2.24, 2.45) is 0 Å². The van der Waals surface area contributed by atoms with Crippen LogP contribution < -0.4 is 27.2 Å². The highest BCUT2D eigenvalue weighted by Gasteiger charge is 2.52. The number of fused-ring (bicyclic) bond motifs is 18. The zero-order valence-electron chi connectivity index (χ0n) is 72.1. The average molecular weight is 1920 g/mol. The van der Waals surface area contributed by atoms with Gasteiger partial charge in [-0.25, -0.2) is 0 Å². The lowest BCUT2D eigenvalue weighted by molar-refractivity contribution is 0.00578. The lowest BCUT2D eigenvalue weighted by Crippen LogP contribution is -2.41. The summed E-state index contributed by atoms with van der Waals surface area (Å²) in [4.78, 5) is 39.3. The van der Waals surface area contributed by atoms with Gasteiger partial charge in [0.05, 0.1) is 43.5 Å². The van der Waals surface area contributed by atoms with Gasteiger partial charge < -0.3 is 32.6 Å². The molecule has 644 valence electrons. The van der Waals surface area contributed by atoms with Crippen molar-refractivity contribution < 1.29 is 32.6 Å². The van der Waals surface area contributed by atoms with Gasteiger partial charge >= 0.3 is 14.2 Å². The molecule has 0 bridgehead atoms. The first-order valence-electron chi connectivity index (χ1n) is 43.5. The smallest absolute Gasteiger partial charge is 0.456 e. The third kappa shape index (κ3) is 17.7. The van der Waals surface area contributed by atoms with E-state index < -0.39 is 7.12 Å². The van der Waals surface area contributed by atoms with Gasteiger partial charge in [-0.3, -0.25) is 14.4 Å². The van der Waals surface area contributed by atoms with Crippen molar-refractivity contribution in [3.8, 4) is 66.8 Å². The molecule has 133 heavy (non-hydrogen) atoms. The largest absolute Gasteiger partial charge is 0.494 e. The molecule has 20 aromatic carbocycles. The van der Waals surface area contributed by atoms with Crippen LogP contribution in [0.5, 0.6) is 0 Å². The molecule has 23 aromatic rings. The van der Waals surface area contributed by atoms with E-state index in [-0.39, 0.29) is 43.0 Å². The van der Waals surface area contributed by atoms with E-state index >= 15 is 0 Å². The van der Waals surface area contributed by atoms with Crippen LogP contribution in [0.15, 0.2) is 447 Å². The van der Waals surface area contributed by atoms with Crippen LogP contribution in [0, 0.1) is 0 Å². The fourth-order valence-electron chi connectivity index (χ4n) is 17.7. The number of hydrogen-bond donors (Lipinski definition) is 2. The number of hydrogen-bond acceptors (Lipinski definition) is 10. The Morgan fingerprint density at radius 3 is 0.789 bits per heavy atom. The van der Waals surface area contributed by atoms with Gasteiger partial charge in [0, 0.05) is 13.4 Å². The van der Waals surface area contributed by atoms with E-state index in [4.69, 9.17) is 32.6 Å². The van der Waals surface area contributed by atoms with E-state index in [1.807, 2.05) is 170 Å². The number of rotatable bonds is 8. The second-order valence-electron chi connectivity index (χ2n) is 33.9. The van der Waals surface area contributed by atoms with E-state index in [1.165, 1.54) is 70.2 Å². The molecule has 24 rings (SSSR count). The maximum Gasteiger partial charge on any atom is 0.494 e. The molecule has 3 aromatic heterocycles. The first kappa shape index (κ1) is 88.1. The van der Waals surface area contributed by atoms with Crippen LogP contribution in [0.2, 0.25) is 0 Å². The van der Waals surface area contributed by atoms with E-state index in [2.05, 4.69) is 276 Å². The van der Waals surface area contributed by atoms with Crippen LogP contribution in [-0.2, 0) is 9.31 Å². The molecule has 0 atom stereocenters. The van der Waals surface area contributed by atoms with Gasteiger partial charge in [0.2, 0.25) is 16.3 Å². The zero-order chi connectivity index (χ0) is 90.5. The summed E-state index contributed by atoms with van der Waals surface area (Å²) in [7, 11) is -1.75. The van der Waals surface area contributed by atoms with Gasteiger partial charge in [-0.2, -0.15) is 0 Å². The average Bonchev–Trinajstić information content (AvgIpc) is 1.36. The van der Waals surface area contributed by atoms with E-state index in [0.29, 0.717) is 71.3 Å². The Labute approximate surface area is 794 Å². The SMILES string of the molecule is CC1(C)OB(c2ccc3c4ccccc4c4ccccc4c3c2)OC1(C)C.O=c1c2cc(-c3cccc(-c4ccccc4)c3)ccc2oc2ccc(-c3ccc4c5ccccc5c5ccccc5c4c3)cc12.O=c1c2cc(Br)ccc2oc2ccc(-c3cccc(-c4ccccc4)c3)cc12.O=c1c2cc(Br)ccc2oc2ccc(Br)cc12.OB(O)c1cccc(-c2ccccc2)c1.[BH4-]. The lowest BCUT2D eigenvalue weighted by atomic mass is 9.77. The molecule has 0 aliphatic carbocycles. The Bertz CT molecular complexity index is 8520. The van der Waals surface area contributed by atoms with Crippen LogP contribution in [0.3, 0.4) is 0 Å². The predicted octanol–water partition coefficient (Wildman–Crippen LogP) is 27.9. The topological polar surface area (TPSA) is 150 Å². The molecule has 1 aliphatic rings. The van der Waals surface area contributed by atoms with Gasteiger partial charge in [0.1, 0.15) is 33.5 Å². The van der Waals surface area contributed by atoms with Crippen molar-refractivity contribution in [3.63, 3.8) is 0 Å². The molecule has 1 aliphatic heterocycles. The fourth-order valence-corrected chi connectivity index (χ4v) is 18.8. The summed E-state index contributed by atoms with van der Waals surface area (Å²) < 4.78 is 33.1. The molecule has 1 fully saturated rings. The second-order valence-corrected chi connectivity index (χ2v) is 36.7. The highest BCUT2D eigenvalue weighted by molar-refractivity contribution is 9.11. The normalized spacial score (nSPS) is 12.6. The second kappa shape index (κ2) is 37.2. The summed E-state index contributed by atoms with van der Waals surface area (Å²) >= 11 is 10.1. The van der Waals surface area contributed by atoms with Gasteiger partial charge in [0.15, 0.2) is 0 Å². The Morgan fingerprint density at radius 1 is 0.226 bits per heavy atom. The summed E-state index contributed by atoms with van der Waals surface area (Å²) in [5.41, 5.74) is 17.3. The Morgan fingerprint density at radius 2 is 0.459 bits per heavy atom. The minimum atomic E-state index is -1.41. The number of benzene rings is 20. The lowest BCUT2D eigenvalue weighted by Gasteiger charge is -2.32. The third-order valence-electron chi connectivity index (χ3n) is 25.2. The van der Waals surface area contributed by atoms with Crippen LogP contribution in [0.1, 0.15) is 27.7 Å². The van der Waals surface area contributed by atoms with Gasteiger partial charge in [-0.1, -0.05) is 353 Å². The van der Waals surface area contributed by atoms with Crippen LogP contribution in [0.25, 0.3) is 197 Å². The Kier molecular flexibility index (Phi) is 24.7. The Hall–Kier alpha value is -14.2. The standard InChI is InChI=1S/C43H26O2.C25H15BrO2.C24H23BO2.C13H6Br2O2.C12H11BO2.BH4/c44-43-39-25-31(29-12-8-11-28(23-29)27-9-2-1-3-10-27)18-21-41(39)45-42-22-19-32(26-40(42)43)30-17-20-37-35-15-5-4-13-33(35)34-14-6-7-16-36(34)38(37)24-30;26-20-10-12-24-22(15-20)25(27)21-14-19(9-11-23(21)28-24)18-8-4-7-17(13-18)16-5-2-1-3-6-16;1-23(2)24(3,4)27-25(26-23)16-13-14-21-19-11-6-5-9-17(19)18-10-7-8-12-20(18)22(21)15-16;14-7-1-3-11-9(5-7)13(16)10-6-8(15)2-4-12(10)17-11;14-13(15)12-8-4-7-11(9-12)10-5-2-1-3-6-10;/h1-26H;1-15H;5-15H,1-4H3;1-6H;1-9,14-15H;1H4/q;;;;;-1. The molecule has 1 saturated heterocycles. The maximum atomic E-state index is 14.0. The molecular weight excluding hydrogens is 1840 g/mol. The first-order chi connectivity index (χ1) is 64.2. The molecule has 10 nitrogen and oxygen atoms in total. The summed E-state index contributed by atoms with van der Waals surface area (Å²) in [5, 5.41) is 36.7. The fraction of sp³-hybridized carbons (Fsp3) is 0.0513. The van der Waals surface area contributed by atoms with Gasteiger partial charge in [-0.05, 0) is 279 Å². The molecule has 0 spiro atoms. The van der Waals surface area contributed by atoms with Crippen LogP contribution >= 0.6 is 47.8 Å². The minimum absolute atomic E-state index is 0. The third-order valence-corrected chi connectivity index (χ3v) is 26.6. The van der Waals surface area contributed by atoms with Crippen LogP contribution in [0.4, 0.5) is 0 Å². The molecule has 4 heterocycles. The van der Waals surface area contributed by atoms with Gasteiger partial charge in [-0.15, -0.1) is 0 Å². The molecule has 0 radical (unpaired) electrons. The van der Waals surface area contributed by atoms with Crippen molar-refractivity contribution in [1.82, 2.24) is 0 Å². The van der Waals surface area contributed by atoms with E-state index in [0.717, 1.165) is 80.1 Å². The quantitative estimate of drug-likeness (QED) is 0.0855. The zero-order valence-corrected chi connectivity index (χ0v) is 76.9. The number of halogens is 3. The van der Waals surface area contributed by atoms with E-state index in [9.17, 15) is 14.4 Å². The first-order valence-corrected chi connectivity index (χ1v) is 45.9.